The minimum absolute atomic E-state index is 0.00210. The van der Waals surface area contributed by atoms with E-state index in [-0.39, 0.29) is 55.6 Å². The first-order valence-electron chi connectivity index (χ1n) is 15.4. The Morgan fingerprint density at radius 3 is 2.34 bits per heavy atom. The third-order valence-corrected chi connectivity index (χ3v) is 9.92. The first kappa shape index (κ1) is 31.8. The molecule has 18 heteroatoms. The fourth-order valence-electron chi connectivity index (χ4n) is 7.05. The third-order valence-electron chi connectivity index (χ3n) is 9.92. The molecular formula is C29H32F6N8O4. The number of likely N-dealkylation sites (tertiary alicyclic amines) is 2. The highest BCUT2D eigenvalue weighted by Crippen LogP contribution is 2.44. The number of carbonyl (C=O) groups excluding carboxylic acids is 2. The van der Waals surface area contributed by atoms with Gasteiger partial charge in [0, 0.05) is 31.8 Å². The number of nitrogens with one attached hydrogen (secondary N) is 1. The van der Waals surface area contributed by atoms with Crippen molar-refractivity contribution in [3.05, 3.63) is 41.1 Å². The predicted octanol–water partition coefficient (Wildman–Crippen LogP) is 3.24. The van der Waals surface area contributed by atoms with Gasteiger partial charge in [-0.3, -0.25) is 14.5 Å². The molecule has 7 rings (SSSR count). The number of rotatable bonds is 7. The lowest BCUT2D eigenvalue weighted by molar-refractivity contribution is -0.172. The predicted molar refractivity (Wildman–Crippen MR) is 148 cm³/mol. The lowest BCUT2D eigenvalue weighted by Crippen LogP contribution is -2.48. The van der Waals surface area contributed by atoms with E-state index in [1.807, 2.05) is 4.90 Å². The summed E-state index contributed by atoms with van der Waals surface area (Å²) in [4.78, 5) is 33.9. The van der Waals surface area contributed by atoms with Crippen molar-refractivity contribution in [2.24, 2.45) is 11.8 Å². The van der Waals surface area contributed by atoms with E-state index in [9.17, 15) is 35.9 Å². The number of nitrogens with zero attached hydrogens (tertiary/aromatic N) is 7. The maximum atomic E-state index is 14.0. The average Bonchev–Trinajstić information content (AvgIpc) is 3.75. The first-order valence-corrected chi connectivity index (χ1v) is 15.4. The van der Waals surface area contributed by atoms with Gasteiger partial charge >= 0.3 is 11.8 Å². The van der Waals surface area contributed by atoms with Crippen molar-refractivity contribution in [3.8, 4) is 0 Å². The van der Waals surface area contributed by atoms with Crippen molar-refractivity contribution < 1.29 is 45.3 Å². The molecule has 12 nitrogen and oxygen atoms in total. The van der Waals surface area contributed by atoms with Crippen molar-refractivity contribution in [1.82, 2.24) is 40.0 Å². The Morgan fingerprint density at radius 2 is 1.72 bits per heavy atom. The van der Waals surface area contributed by atoms with Gasteiger partial charge in [0.15, 0.2) is 11.3 Å². The third kappa shape index (κ3) is 5.83. The highest BCUT2D eigenvalue weighted by molar-refractivity contribution is 5.93. The number of alkyl halides is 6. The van der Waals surface area contributed by atoms with E-state index in [0.717, 1.165) is 0 Å². The van der Waals surface area contributed by atoms with Crippen molar-refractivity contribution in [3.63, 3.8) is 0 Å². The maximum Gasteiger partial charge on any atom is 0.329 e. The summed E-state index contributed by atoms with van der Waals surface area (Å²) in [5.41, 5.74) is 1.44. The number of carbonyl (C=O) groups is 2. The molecule has 2 unspecified atom stereocenters. The minimum Gasteiger partial charge on any atom is -0.378 e. The fraction of sp³-hybridized carbons (Fsp3) is 0.655. The van der Waals surface area contributed by atoms with Gasteiger partial charge in [-0.25, -0.2) is 22.9 Å². The number of hydrogen-bond acceptors (Lipinski definition) is 9. The van der Waals surface area contributed by atoms with Crippen LogP contribution in [0.5, 0.6) is 0 Å². The molecule has 3 saturated heterocycles. The van der Waals surface area contributed by atoms with Gasteiger partial charge < -0.3 is 15.0 Å². The quantitative estimate of drug-likeness (QED) is 0.377. The average molecular weight is 671 g/mol. The van der Waals surface area contributed by atoms with Crippen LogP contribution in [0, 0.1) is 18.8 Å². The number of halogens is 6. The molecule has 3 aromatic heterocycles. The molecule has 3 aromatic rings. The molecule has 1 N–H and O–H groups in total. The van der Waals surface area contributed by atoms with E-state index in [2.05, 4.69) is 25.4 Å². The smallest absolute Gasteiger partial charge is 0.329 e. The summed E-state index contributed by atoms with van der Waals surface area (Å²) in [7, 11) is 0. The Kier molecular flexibility index (Phi) is 7.72. The molecule has 0 spiro atoms. The van der Waals surface area contributed by atoms with Gasteiger partial charge in [-0.1, -0.05) is 5.16 Å². The molecule has 6 heterocycles. The van der Waals surface area contributed by atoms with E-state index in [1.165, 1.54) is 10.7 Å². The van der Waals surface area contributed by atoms with Crippen LogP contribution < -0.4 is 5.32 Å². The number of aromatic nitrogens is 5. The molecule has 1 aliphatic carbocycles. The molecule has 0 radical (unpaired) electrons. The van der Waals surface area contributed by atoms with Gasteiger partial charge in [0.1, 0.15) is 5.69 Å². The minimum atomic E-state index is -4.33. The number of imidazole rings is 1. The largest absolute Gasteiger partial charge is 0.378 e. The Morgan fingerprint density at radius 1 is 1.02 bits per heavy atom. The van der Waals surface area contributed by atoms with Gasteiger partial charge in [0.25, 0.3) is 5.91 Å². The second kappa shape index (κ2) is 11.4. The molecule has 254 valence electrons. The number of ether oxygens (including phenoxy) is 1. The second-order valence-electron chi connectivity index (χ2n) is 13.1. The number of amides is 2. The van der Waals surface area contributed by atoms with E-state index < -0.39 is 60.5 Å². The van der Waals surface area contributed by atoms with Crippen LogP contribution in [0.15, 0.2) is 23.1 Å². The Hall–Kier alpha value is -3.80. The summed E-state index contributed by atoms with van der Waals surface area (Å²) < 4.78 is 95.6. The summed E-state index contributed by atoms with van der Waals surface area (Å²) in [6.07, 6.45) is 2.64. The summed E-state index contributed by atoms with van der Waals surface area (Å²) >= 11 is 0. The highest BCUT2D eigenvalue weighted by atomic mass is 19.3. The van der Waals surface area contributed by atoms with Gasteiger partial charge in [0.05, 0.1) is 62.4 Å². The van der Waals surface area contributed by atoms with Crippen molar-refractivity contribution in [2.75, 3.05) is 39.4 Å². The van der Waals surface area contributed by atoms with E-state index in [0.29, 0.717) is 41.6 Å². The molecule has 1 saturated carbocycles. The molecule has 3 atom stereocenters. The second-order valence-corrected chi connectivity index (χ2v) is 13.1. The van der Waals surface area contributed by atoms with Gasteiger partial charge in [-0.2, -0.15) is 22.7 Å². The Labute approximate surface area is 263 Å². The van der Waals surface area contributed by atoms with Crippen molar-refractivity contribution in [2.45, 2.75) is 68.4 Å². The highest BCUT2D eigenvalue weighted by Gasteiger charge is 2.64. The van der Waals surface area contributed by atoms with Crippen LogP contribution >= 0.6 is 0 Å². The molecule has 4 fully saturated rings. The van der Waals surface area contributed by atoms with E-state index in [1.54, 1.807) is 19.2 Å². The van der Waals surface area contributed by atoms with Crippen LogP contribution in [0.25, 0.3) is 5.65 Å². The topological polar surface area (TPSA) is 131 Å². The molecule has 0 bridgehead atoms. The zero-order valence-corrected chi connectivity index (χ0v) is 25.2. The van der Waals surface area contributed by atoms with Crippen LogP contribution in [0.2, 0.25) is 0 Å². The van der Waals surface area contributed by atoms with Crippen molar-refractivity contribution >= 4 is 17.5 Å². The molecule has 47 heavy (non-hydrogen) atoms. The Balaban J connectivity index is 1.18. The molecule has 2 amide bonds. The summed E-state index contributed by atoms with van der Waals surface area (Å²) in [6.45, 7) is 0.193. The van der Waals surface area contributed by atoms with Crippen LogP contribution in [-0.4, -0.2) is 110 Å². The monoisotopic (exact) mass is 670 g/mol. The summed E-state index contributed by atoms with van der Waals surface area (Å²) in [6, 6.07) is 0.894. The normalized spacial score (nSPS) is 26.8. The van der Waals surface area contributed by atoms with Gasteiger partial charge in [-0.05, 0) is 42.5 Å². The SMILES string of the molecule is Cc1nonc1C(=O)N[C@H](c1cn2ncc(C3CN(C4COC4)CC3C(=O)N3CC(F)(F)C(F)(F)C3)cc2n1)C1CCC(F)(F)CC1. The first-order chi connectivity index (χ1) is 22.2. The summed E-state index contributed by atoms with van der Waals surface area (Å²) in [5, 5.41) is 14.6. The number of fused-ring (bicyclic) bond motifs is 1. The van der Waals surface area contributed by atoms with Crippen LogP contribution in [0.1, 0.15) is 65.1 Å². The van der Waals surface area contributed by atoms with Gasteiger partial charge in [-0.15, -0.1) is 0 Å². The van der Waals surface area contributed by atoms with Crippen LogP contribution in [0.3, 0.4) is 0 Å². The zero-order valence-electron chi connectivity index (χ0n) is 25.2. The number of aryl methyl sites for hydroxylation is 1. The van der Waals surface area contributed by atoms with Gasteiger partial charge in [0.2, 0.25) is 11.8 Å². The zero-order chi connectivity index (χ0) is 33.3. The van der Waals surface area contributed by atoms with Crippen LogP contribution in [-0.2, 0) is 9.53 Å². The van der Waals surface area contributed by atoms with E-state index in [4.69, 9.17) is 9.72 Å². The molecular weight excluding hydrogens is 638 g/mol. The van der Waals surface area contributed by atoms with Crippen molar-refractivity contribution in [1.29, 1.82) is 0 Å². The molecule has 0 aromatic carbocycles. The Bertz CT molecular complexity index is 1650. The lowest BCUT2D eigenvalue weighted by Gasteiger charge is -2.34. The van der Waals surface area contributed by atoms with Crippen LogP contribution in [0.4, 0.5) is 26.3 Å². The molecule has 3 aliphatic heterocycles. The standard InChI is InChI=1S/C29H32F6N8O4/c1-15-23(40-47-39-15)25(44)38-24(16-2-4-27(30,31)5-3-16)21-10-43-22(37-21)6-17(7-36-43)19-8-41(18-11-46-12-18)9-20(19)26(45)42-13-28(32,33)29(34,35)14-42/h6-7,10,16,18-20,24H,2-5,8-9,11-14H2,1H3,(H,38,44)/t19?,20?,24-/m0/s1. The lowest BCUT2D eigenvalue weighted by atomic mass is 9.81. The summed E-state index contributed by atoms with van der Waals surface area (Å²) in [5.74, 6) is -14.7. The van der Waals surface area contributed by atoms with E-state index >= 15 is 0 Å². The number of hydrogen-bond donors (Lipinski definition) is 1. The molecule has 4 aliphatic rings. The fourth-order valence-corrected chi connectivity index (χ4v) is 7.05. The maximum absolute atomic E-state index is 14.0.